The Balaban J connectivity index is 1.86. The van der Waals surface area contributed by atoms with Crippen molar-refractivity contribution in [1.82, 2.24) is 0 Å². The Morgan fingerprint density at radius 2 is 1.27 bits per heavy atom. The van der Waals surface area contributed by atoms with Crippen LogP contribution in [0.2, 0.25) is 0 Å². The van der Waals surface area contributed by atoms with Gasteiger partial charge in [-0.3, -0.25) is 4.79 Å². The van der Waals surface area contributed by atoms with Crippen LogP contribution in [0.3, 0.4) is 0 Å². The molecule has 0 radical (unpaired) electrons. The van der Waals surface area contributed by atoms with Gasteiger partial charge in [0.2, 0.25) is 5.78 Å². The van der Waals surface area contributed by atoms with Crippen LogP contribution in [0.5, 0.6) is 5.75 Å². The predicted molar refractivity (Wildman–Crippen MR) is 119 cm³/mol. The van der Waals surface area contributed by atoms with Crippen LogP contribution in [-0.4, -0.2) is 28.9 Å². The van der Waals surface area contributed by atoms with Crippen molar-refractivity contribution in [2.45, 2.75) is 18.0 Å². The Hall–Kier alpha value is -4.35. The number of anilines is 3. The monoisotopic (exact) mass is 525 g/mol. The Kier molecular flexibility index (Phi) is 6.22. The maximum Gasteiger partial charge on any atom is 0.460 e. The van der Waals surface area contributed by atoms with Crippen molar-refractivity contribution in [3.05, 3.63) is 94.8 Å². The average Bonchev–Trinajstić information content (AvgIpc) is 2.84. The number of nitrogens with zero attached hydrogens (tertiary/aromatic N) is 1. The van der Waals surface area contributed by atoms with E-state index in [1.165, 1.54) is 12.1 Å². The molecule has 4 rings (SSSR count). The van der Waals surface area contributed by atoms with Crippen LogP contribution in [0.4, 0.5) is 47.8 Å². The standard InChI is InChI=1S/C25H14F7NO4/c26-23(27,24(28,29)25(30,31)32)21(35)19-20(34)17-12-11-16(13-18(17)37-22(19)36)33(14-7-3-1-4-8-14)15-9-5-2-6-10-15/h1-13,34H. The summed E-state index contributed by atoms with van der Waals surface area (Å²) in [5, 5.41) is 9.80. The van der Waals surface area contributed by atoms with Crippen molar-refractivity contribution in [2.75, 3.05) is 4.90 Å². The molecule has 0 unspecified atom stereocenters. The first kappa shape index (κ1) is 25.7. The summed E-state index contributed by atoms with van der Waals surface area (Å²) >= 11 is 0. The van der Waals surface area contributed by atoms with E-state index >= 15 is 0 Å². The third kappa shape index (κ3) is 4.28. The van der Waals surface area contributed by atoms with Gasteiger partial charge in [0, 0.05) is 23.1 Å². The van der Waals surface area contributed by atoms with Crippen molar-refractivity contribution < 1.29 is 45.1 Å². The first-order valence-corrected chi connectivity index (χ1v) is 10.3. The van der Waals surface area contributed by atoms with Gasteiger partial charge in [-0.15, -0.1) is 0 Å². The lowest BCUT2D eigenvalue weighted by atomic mass is 9.99. The minimum atomic E-state index is -6.82. The molecule has 0 bridgehead atoms. The number of benzene rings is 3. The van der Waals surface area contributed by atoms with E-state index in [-0.39, 0.29) is 0 Å². The Labute approximate surface area is 203 Å². The summed E-state index contributed by atoms with van der Waals surface area (Å²) in [7, 11) is 0. The van der Waals surface area contributed by atoms with Gasteiger partial charge in [-0.05, 0) is 36.4 Å². The fraction of sp³-hybridized carbons (Fsp3) is 0.120. The van der Waals surface area contributed by atoms with Gasteiger partial charge < -0.3 is 14.4 Å². The molecule has 0 saturated heterocycles. The van der Waals surface area contributed by atoms with Crippen LogP contribution in [0.25, 0.3) is 11.0 Å². The lowest BCUT2D eigenvalue weighted by Crippen LogP contribution is -2.56. The highest BCUT2D eigenvalue weighted by molar-refractivity contribution is 6.07. The van der Waals surface area contributed by atoms with Crippen molar-refractivity contribution in [2.24, 2.45) is 0 Å². The van der Waals surface area contributed by atoms with E-state index in [1.807, 2.05) is 0 Å². The summed E-state index contributed by atoms with van der Waals surface area (Å²) in [5.41, 5.74) is -2.88. The van der Waals surface area contributed by atoms with Crippen LogP contribution >= 0.6 is 0 Å². The number of carbonyl (C=O) groups is 1. The van der Waals surface area contributed by atoms with Crippen LogP contribution in [0.1, 0.15) is 10.4 Å². The van der Waals surface area contributed by atoms with Gasteiger partial charge in [-0.25, -0.2) is 4.79 Å². The zero-order valence-corrected chi connectivity index (χ0v) is 18.3. The lowest BCUT2D eigenvalue weighted by Gasteiger charge is -2.27. The average molecular weight is 525 g/mol. The molecular weight excluding hydrogens is 511 g/mol. The quantitative estimate of drug-likeness (QED) is 0.167. The Bertz CT molecular complexity index is 1480. The van der Waals surface area contributed by atoms with Crippen molar-refractivity contribution in [3.8, 4) is 5.75 Å². The molecule has 192 valence electrons. The van der Waals surface area contributed by atoms with Gasteiger partial charge in [0.15, 0.2) is 5.56 Å². The van der Waals surface area contributed by atoms with Gasteiger partial charge >= 0.3 is 23.6 Å². The maximum absolute atomic E-state index is 14.0. The summed E-state index contributed by atoms with van der Waals surface area (Å²) < 4.78 is 97.0. The molecule has 0 atom stereocenters. The summed E-state index contributed by atoms with van der Waals surface area (Å²) in [6.07, 6.45) is -6.81. The molecule has 1 aromatic heterocycles. The minimum Gasteiger partial charge on any atom is -0.506 e. The van der Waals surface area contributed by atoms with E-state index in [2.05, 4.69) is 0 Å². The number of hydrogen-bond donors (Lipinski definition) is 1. The highest BCUT2D eigenvalue weighted by Gasteiger charge is 2.76. The number of rotatable bonds is 6. The number of hydrogen-bond acceptors (Lipinski definition) is 5. The molecule has 0 aliphatic heterocycles. The van der Waals surface area contributed by atoms with Crippen LogP contribution in [0.15, 0.2) is 88.1 Å². The first-order chi connectivity index (χ1) is 17.3. The number of fused-ring (bicyclic) bond motifs is 1. The number of aromatic hydroxyl groups is 1. The second kappa shape index (κ2) is 8.95. The number of para-hydroxylation sites is 2. The number of halogens is 7. The van der Waals surface area contributed by atoms with E-state index in [0.717, 1.165) is 6.07 Å². The Morgan fingerprint density at radius 3 is 1.76 bits per heavy atom. The van der Waals surface area contributed by atoms with Gasteiger partial charge in [0.05, 0.1) is 5.39 Å². The number of ketones is 1. The van der Waals surface area contributed by atoms with Crippen LogP contribution < -0.4 is 10.5 Å². The molecule has 12 heteroatoms. The second-order valence-corrected chi connectivity index (χ2v) is 7.78. The zero-order chi connectivity index (χ0) is 27.2. The van der Waals surface area contributed by atoms with Crippen LogP contribution in [0, 0.1) is 0 Å². The SMILES string of the molecule is O=C(c1c(O)c2ccc(N(c3ccccc3)c3ccccc3)cc2oc1=O)C(F)(F)C(F)(F)C(F)(F)F. The zero-order valence-electron chi connectivity index (χ0n) is 18.3. The minimum absolute atomic E-state index is 0.334. The van der Waals surface area contributed by atoms with Gasteiger partial charge in [0.1, 0.15) is 11.3 Å². The fourth-order valence-electron chi connectivity index (χ4n) is 3.59. The molecule has 1 heterocycles. The summed E-state index contributed by atoms with van der Waals surface area (Å²) in [6.45, 7) is 0. The molecule has 0 spiro atoms. The highest BCUT2D eigenvalue weighted by atomic mass is 19.4. The molecule has 4 aromatic rings. The largest absolute Gasteiger partial charge is 0.506 e. The molecule has 0 aliphatic carbocycles. The van der Waals surface area contributed by atoms with Crippen molar-refractivity contribution >= 4 is 33.8 Å². The first-order valence-electron chi connectivity index (χ1n) is 10.3. The van der Waals surface area contributed by atoms with E-state index in [1.54, 1.807) is 65.6 Å². The molecule has 0 amide bonds. The molecule has 1 N–H and O–H groups in total. The number of Topliss-reactive ketones (excluding diaryl/α,β-unsaturated/α-hetero) is 1. The number of carbonyl (C=O) groups excluding carboxylic acids is 1. The van der Waals surface area contributed by atoms with E-state index < -0.39 is 51.7 Å². The predicted octanol–water partition coefficient (Wildman–Crippen LogP) is 6.98. The van der Waals surface area contributed by atoms with Crippen molar-refractivity contribution in [3.63, 3.8) is 0 Å². The molecule has 5 nitrogen and oxygen atoms in total. The molecule has 0 fully saturated rings. The second-order valence-electron chi connectivity index (χ2n) is 7.78. The van der Waals surface area contributed by atoms with E-state index in [9.17, 15) is 45.4 Å². The maximum atomic E-state index is 14.0. The fourth-order valence-corrected chi connectivity index (χ4v) is 3.59. The Morgan fingerprint density at radius 1 is 0.757 bits per heavy atom. The van der Waals surface area contributed by atoms with Crippen molar-refractivity contribution in [1.29, 1.82) is 0 Å². The summed E-state index contributed by atoms with van der Waals surface area (Å²) in [5.74, 6) is -18.0. The topological polar surface area (TPSA) is 70.8 Å². The molecule has 0 aliphatic rings. The smallest absolute Gasteiger partial charge is 0.460 e. The third-order valence-corrected chi connectivity index (χ3v) is 5.41. The van der Waals surface area contributed by atoms with Gasteiger partial charge in [-0.1, -0.05) is 36.4 Å². The molecule has 3 aromatic carbocycles. The lowest BCUT2D eigenvalue weighted by molar-refractivity contribution is -0.339. The number of alkyl halides is 7. The normalized spacial score (nSPS) is 12.5. The molecular formula is C25H14F7NO4. The van der Waals surface area contributed by atoms with Gasteiger partial charge in [-0.2, -0.15) is 30.7 Å². The molecule has 0 saturated carbocycles. The summed E-state index contributed by atoms with van der Waals surface area (Å²) in [4.78, 5) is 26.0. The molecule has 37 heavy (non-hydrogen) atoms. The third-order valence-electron chi connectivity index (χ3n) is 5.41. The van der Waals surface area contributed by atoms with Crippen LogP contribution in [-0.2, 0) is 0 Å². The van der Waals surface area contributed by atoms with E-state index in [0.29, 0.717) is 17.1 Å². The van der Waals surface area contributed by atoms with Gasteiger partial charge in [0.25, 0.3) is 0 Å². The van der Waals surface area contributed by atoms with E-state index in [4.69, 9.17) is 4.42 Å². The summed E-state index contributed by atoms with van der Waals surface area (Å²) in [6, 6.07) is 21.1. The highest BCUT2D eigenvalue weighted by Crippen LogP contribution is 2.48.